The number of ether oxygens (including phenoxy) is 1. The van der Waals surface area contributed by atoms with E-state index in [9.17, 15) is 10.1 Å². The number of non-ortho nitro benzene ring substituents is 1. The van der Waals surface area contributed by atoms with Crippen LogP contribution >= 0.6 is 0 Å². The predicted molar refractivity (Wildman–Crippen MR) is 66.4 cm³/mol. The SMILES string of the molecule is Cn1cc(-c2ccc([N+](=O)[O-])cc2OCC#N)cn1. The van der Waals surface area contributed by atoms with Crippen LogP contribution in [0.2, 0.25) is 0 Å². The van der Waals surface area contributed by atoms with Crippen LogP contribution in [-0.2, 0) is 7.05 Å². The molecule has 0 unspecified atom stereocenters. The lowest BCUT2D eigenvalue weighted by Gasteiger charge is -2.07. The van der Waals surface area contributed by atoms with Crippen molar-refractivity contribution >= 4 is 5.69 Å². The Labute approximate surface area is 108 Å². The van der Waals surface area contributed by atoms with Crippen molar-refractivity contribution in [3.63, 3.8) is 0 Å². The minimum atomic E-state index is -0.508. The Kier molecular flexibility index (Phi) is 3.43. The molecule has 0 radical (unpaired) electrons. The Bertz CT molecular complexity index is 657. The molecule has 0 spiro atoms. The molecular weight excluding hydrogens is 248 g/mol. The van der Waals surface area contributed by atoms with Gasteiger partial charge in [0.05, 0.1) is 17.2 Å². The monoisotopic (exact) mass is 258 g/mol. The van der Waals surface area contributed by atoms with Gasteiger partial charge in [0.1, 0.15) is 11.8 Å². The molecule has 7 nitrogen and oxygen atoms in total. The van der Waals surface area contributed by atoms with E-state index in [1.165, 1.54) is 12.1 Å². The molecule has 19 heavy (non-hydrogen) atoms. The predicted octanol–water partition coefficient (Wildman–Crippen LogP) is 1.90. The van der Waals surface area contributed by atoms with Crippen molar-refractivity contribution in [2.24, 2.45) is 7.05 Å². The van der Waals surface area contributed by atoms with Gasteiger partial charge in [-0.3, -0.25) is 14.8 Å². The third-order valence-electron chi connectivity index (χ3n) is 2.48. The minimum Gasteiger partial charge on any atom is -0.478 e. The Morgan fingerprint density at radius 3 is 2.95 bits per heavy atom. The van der Waals surface area contributed by atoms with Crippen molar-refractivity contribution in [1.29, 1.82) is 5.26 Å². The van der Waals surface area contributed by atoms with Gasteiger partial charge in [0.2, 0.25) is 0 Å². The maximum absolute atomic E-state index is 10.7. The van der Waals surface area contributed by atoms with Crippen molar-refractivity contribution in [1.82, 2.24) is 9.78 Å². The fourth-order valence-corrected chi connectivity index (χ4v) is 1.65. The van der Waals surface area contributed by atoms with Crippen molar-refractivity contribution in [2.45, 2.75) is 0 Å². The van der Waals surface area contributed by atoms with Gasteiger partial charge in [0.25, 0.3) is 5.69 Å². The van der Waals surface area contributed by atoms with Crippen LogP contribution in [0.4, 0.5) is 5.69 Å². The summed E-state index contributed by atoms with van der Waals surface area (Å²) in [6.45, 7) is -0.172. The molecule has 2 aromatic rings. The highest BCUT2D eigenvalue weighted by Gasteiger charge is 2.14. The normalized spacial score (nSPS) is 9.89. The molecule has 0 aliphatic rings. The van der Waals surface area contributed by atoms with Gasteiger partial charge in [-0.15, -0.1) is 0 Å². The smallest absolute Gasteiger partial charge is 0.273 e. The molecule has 1 aromatic carbocycles. The molecule has 0 amide bonds. The summed E-state index contributed by atoms with van der Waals surface area (Å²) in [6, 6.07) is 6.12. The number of nitro benzene ring substituents is 1. The van der Waals surface area contributed by atoms with Crippen molar-refractivity contribution < 1.29 is 9.66 Å². The summed E-state index contributed by atoms with van der Waals surface area (Å²) in [5.74, 6) is 0.295. The van der Waals surface area contributed by atoms with Gasteiger partial charge in [-0.1, -0.05) is 0 Å². The van der Waals surface area contributed by atoms with Crippen LogP contribution < -0.4 is 4.74 Å². The topological polar surface area (TPSA) is 94.0 Å². The molecule has 0 atom stereocenters. The maximum Gasteiger partial charge on any atom is 0.273 e. The highest BCUT2D eigenvalue weighted by molar-refractivity contribution is 5.71. The van der Waals surface area contributed by atoms with Crippen LogP contribution in [0.3, 0.4) is 0 Å². The van der Waals surface area contributed by atoms with Gasteiger partial charge in [0, 0.05) is 30.4 Å². The van der Waals surface area contributed by atoms with E-state index < -0.39 is 4.92 Å². The van der Waals surface area contributed by atoms with Crippen LogP contribution in [0.15, 0.2) is 30.6 Å². The summed E-state index contributed by atoms with van der Waals surface area (Å²) in [4.78, 5) is 10.2. The Balaban J connectivity index is 2.47. The average molecular weight is 258 g/mol. The molecule has 0 bridgehead atoms. The van der Waals surface area contributed by atoms with E-state index in [0.717, 1.165) is 5.56 Å². The summed E-state index contributed by atoms with van der Waals surface area (Å²) in [7, 11) is 1.77. The molecule has 96 valence electrons. The number of nitrogens with zero attached hydrogens (tertiary/aromatic N) is 4. The number of aromatic nitrogens is 2. The number of hydrogen-bond donors (Lipinski definition) is 0. The highest BCUT2D eigenvalue weighted by atomic mass is 16.6. The molecule has 0 fully saturated rings. The zero-order valence-electron chi connectivity index (χ0n) is 10.1. The zero-order valence-corrected chi connectivity index (χ0v) is 10.1. The summed E-state index contributed by atoms with van der Waals surface area (Å²) in [5, 5.41) is 23.3. The first kappa shape index (κ1) is 12.6. The molecule has 0 N–H and O–H groups in total. The van der Waals surface area contributed by atoms with Crippen LogP contribution in [0.1, 0.15) is 0 Å². The van der Waals surface area contributed by atoms with Gasteiger partial charge >= 0.3 is 0 Å². The minimum absolute atomic E-state index is 0.0828. The summed E-state index contributed by atoms with van der Waals surface area (Å²) < 4.78 is 6.85. The number of aryl methyl sites for hydroxylation is 1. The van der Waals surface area contributed by atoms with E-state index in [-0.39, 0.29) is 12.3 Å². The largest absolute Gasteiger partial charge is 0.478 e. The quantitative estimate of drug-likeness (QED) is 0.616. The van der Waals surface area contributed by atoms with Crippen LogP contribution in [0, 0.1) is 21.4 Å². The number of hydrogen-bond acceptors (Lipinski definition) is 5. The first-order chi connectivity index (χ1) is 9.11. The molecule has 1 heterocycles. The lowest BCUT2D eigenvalue weighted by Crippen LogP contribution is -1.97. The Morgan fingerprint density at radius 2 is 2.37 bits per heavy atom. The van der Waals surface area contributed by atoms with Gasteiger partial charge in [0.15, 0.2) is 6.61 Å². The molecule has 0 saturated heterocycles. The summed E-state index contributed by atoms with van der Waals surface area (Å²) in [6.07, 6.45) is 3.39. The van der Waals surface area contributed by atoms with Gasteiger partial charge < -0.3 is 4.74 Å². The number of benzene rings is 1. The second-order valence-electron chi connectivity index (χ2n) is 3.79. The molecule has 2 rings (SSSR count). The average Bonchev–Trinajstić information content (AvgIpc) is 2.82. The van der Waals surface area contributed by atoms with Crippen molar-refractivity contribution in [2.75, 3.05) is 6.61 Å². The fraction of sp³-hybridized carbons (Fsp3) is 0.167. The molecule has 0 saturated carbocycles. The van der Waals surface area contributed by atoms with Crippen molar-refractivity contribution in [3.05, 3.63) is 40.7 Å². The molecule has 7 heteroatoms. The zero-order chi connectivity index (χ0) is 13.8. The first-order valence-corrected chi connectivity index (χ1v) is 5.39. The number of nitro groups is 1. The highest BCUT2D eigenvalue weighted by Crippen LogP contribution is 2.33. The van der Waals surface area contributed by atoms with Crippen molar-refractivity contribution in [3.8, 4) is 22.9 Å². The van der Waals surface area contributed by atoms with Gasteiger partial charge in [-0.2, -0.15) is 10.4 Å². The van der Waals surface area contributed by atoms with E-state index in [0.29, 0.717) is 11.3 Å². The molecular formula is C12H10N4O3. The van der Waals surface area contributed by atoms with Gasteiger partial charge in [-0.25, -0.2) is 0 Å². The molecule has 0 aliphatic carbocycles. The third-order valence-corrected chi connectivity index (χ3v) is 2.48. The molecule has 1 aromatic heterocycles. The van der Waals surface area contributed by atoms with E-state index in [1.807, 2.05) is 6.07 Å². The van der Waals surface area contributed by atoms with E-state index in [1.54, 1.807) is 30.2 Å². The lowest BCUT2D eigenvalue weighted by atomic mass is 10.1. The maximum atomic E-state index is 10.7. The lowest BCUT2D eigenvalue weighted by molar-refractivity contribution is -0.384. The van der Waals surface area contributed by atoms with E-state index in [2.05, 4.69) is 5.10 Å². The fourth-order valence-electron chi connectivity index (χ4n) is 1.65. The van der Waals surface area contributed by atoms with E-state index >= 15 is 0 Å². The summed E-state index contributed by atoms with van der Waals surface area (Å²) >= 11 is 0. The van der Waals surface area contributed by atoms with E-state index in [4.69, 9.17) is 10.00 Å². The number of rotatable bonds is 4. The standard InChI is InChI=1S/C12H10N4O3/c1-15-8-9(7-14-15)11-3-2-10(16(17)18)6-12(11)19-5-4-13/h2-3,6-8H,5H2,1H3. The van der Waals surface area contributed by atoms with Crippen LogP contribution in [0.25, 0.3) is 11.1 Å². The third kappa shape index (κ3) is 2.69. The van der Waals surface area contributed by atoms with Gasteiger partial charge in [-0.05, 0) is 6.07 Å². The summed E-state index contributed by atoms with van der Waals surface area (Å²) in [5.41, 5.74) is 1.35. The second-order valence-corrected chi connectivity index (χ2v) is 3.79. The molecule has 0 aliphatic heterocycles. The van der Waals surface area contributed by atoms with Crippen LogP contribution in [-0.4, -0.2) is 21.3 Å². The Morgan fingerprint density at radius 1 is 1.58 bits per heavy atom. The van der Waals surface area contributed by atoms with Crippen LogP contribution in [0.5, 0.6) is 5.75 Å². The first-order valence-electron chi connectivity index (χ1n) is 5.39. The Hall–Kier alpha value is -2.88. The number of nitriles is 1. The second kappa shape index (κ2) is 5.18.